The van der Waals surface area contributed by atoms with Crippen molar-refractivity contribution in [1.29, 1.82) is 0 Å². The Balaban J connectivity index is 4.47. The van der Waals surface area contributed by atoms with E-state index in [1.165, 1.54) is 0 Å². The molecule has 0 heterocycles. The van der Waals surface area contributed by atoms with Crippen molar-refractivity contribution < 1.29 is 24.2 Å². The van der Waals surface area contributed by atoms with Gasteiger partial charge in [-0.25, -0.2) is 4.79 Å². The van der Waals surface area contributed by atoms with E-state index in [9.17, 15) is 14.4 Å². The summed E-state index contributed by atoms with van der Waals surface area (Å²) in [6, 6.07) is -0.719. The first-order chi connectivity index (χ1) is 10.2. The molecule has 7 heteroatoms. The molecule has 7 nitrogen and oxygen atoms in total. The molecule has 1 amide bonds. The smallest absolute Gasteiger partial charge is 0.329 e. The van der Waals surface area contributed by atoms with Crippen molar-refractivity contribution in [2.45, 2.75) is 70.9 Å². The molecule has 0 bridgehead atoms. The van der Waals surface area contributed by atoms with Crippen LogP contribution in [0.4, 0.5) is 0 Å². The zero-order chi connectivity index (χ0) is 17.2. The molecule has 0 fully saturated rings. The highest BCUT2D eigenvalue weighted by Gasteiger charge is 2.26. The average Bonchev–Trinajstić information content (AvgIpc) is 2.35. The lowest BCUT2D eigenvalue weighted by Crippen LogP contribution is -2.44. The van der Waals surface area contributed by atoms with Gasteiger partial charge in [0.05, 0.1) is 0 Å². The van der Waals surface area contributed by atoms with E-state index in [0.29, 0.717) is 19.4 Å². The Bertz CT molecular complexity index is 377. The summed E-state index contributed by atoms with van der Waals surface area (Å²) in [5.41, 5.74) is 4.80. The van der Waals surface area contributed by atoms with Crippen molar-refractivity contribution in [2.24, 2.45) is 5.73 Å². The highest BCUT2D eigenvalue weighted by Crippen LogP contribution is 2.12. The maximum Gasteiger partial charge on any atom is 0.329 e. The largest absolute Gasteiger partial charge is 0.481 e. The molecule has 0 rings (SSSR count). The van der Waals surface area contributed by atoms with Crippen molar-refractivity contribution in [3.05, 3.63) is 0 Å². The molecule has 0 aliphatic heterocycles. The van der Waals surface area contributed by atoms with Gasteiger partial charge >= 0.3 is 11.9 Å². The van der Waals surface area contributed by atoms with Gasteiger partial charge in [0.1, 0.15) is 11.6 Å². The molecule has 0 saturated heterocycles. The predicted octanol–water partition coefficient (Wildman–Crippen LogP) is 1.20. The number of carboxylic acids is 1. The second-order valence-corrected chi connectivity index (χ2v) is 6.19. The predicted molar refractivity (Wildman–Crippen MR) is 82.2 cm³/mol. The van der Waals surface area contributed by atoms with Crippen molar-refractivity contribution >= 4 is 17.8 Å². The molecular formula is C15H28N2O5. The van der Waals surface area contributed by atoms with E-state index >= 15 is 0 Å². The van der Waals surface area contributed by atoms with E-state index in [-0.39, 0.29) is 25.2 Å². The lowest BCUT2D eigenvalue weighted by molar-refractivity contribution is -0.159. The molecule has 0 aliphatic carbocycles. The highest BCUT2D eigenvalue weighted by molar-refractivity contribution is 5.84. The molecule has 0 aromatic heterocycles. The van der Waals surface area contributed by atoms with Gasteiger partial charge in [-0.2, -0.15) is 0 Å². The normalized spacial score (nSPS) is 12.5. The number of nitrogens with two attached hydrogens (primary N) is 1. The van der Waals surface area contributed by atoms with Gasteiger partial charge < -0.3 is 20.9 Å². The van der Waals surface area contributed by atoms with Crippen LogP contribution in [-0.2, 0) is 19.1 Å². The summed E-state index contributed by atoms with van der Waals surface area (Å²) in [7, 11) is 0. The number of amides is 1. The van der Waals surface area contributed by atoms with E-state index in [4.69, 9.17) is 15.6 Å². The third-order valence-electron chi connectivity index (χ3n) is 2.77. The lowest BCUT2D eigenvalue weighted by Gasteiger charge is -2.24. The number of carbonyl (C=O) groups excluding carboxylic acids is 2. The highest BCUT2D eigenvalue weighted by atomic mass is 16.6. The number of nitrogens with one attached hydrogen (secondary N) is 1. The average molecular weight is 316 g/mol. The van der Waals surface area contributed by atoms with Crippen LogP contribution in [-0.4, -0.2) is 41.1 Å². The first-order valence-electron chi connectivity index (χ1n) is 7.60. The van der Waals surface area contributed by atoms with Gasteiger partial charge in [0.15, 0.2) is 0 Å². The van der Waals surface area contributed by atoms with Gasteiger partial charge in [0, 0.05) is 12.8 Å². The molecule has 0 saturated carbocycles. The van der Waals surface area contributed by atoms with Gasteiger partial charge in [-0.1, -0.05) is 0 Å². The van der Waals surface area contributed by atoms with E-state index < -0.39 is 23.6 Å². The lowest BCUT2D eigenvalue weighted by atomic mass is 10.1. The SMILES string of the molecule is CC(C)(C)OC(=O)[C@H](CCCCN)NC(=O)CCCC(=O)O. The number of aliphatic carboxylic acids is 1. The number of hydrogen-bond donors (Lipinski definition) is 3. The number of unbranched alkanes of at least 4 members (excludes halogenated alkanes) is 1. The Morgan fingerprint density at radius 3 is 2.27 bits per heavy atom. The van der Waals surface area contributed by atoms with Crippen molar-refractivity contribution in [1.82, 2.24) is 5.32 Å². The van der Waals surface area contributed by atoms with Gasteiger partial charge in [0.25, 0.3) is 0 Å². The Morgan fingerprint density at radius 2 is 1.77 bits per heavy atom. The fourth-order valence-electron chi connectivity index (χ4n) is 1.78. The minimum Gasteiger partial charge on any atom is -0.481 e. The second kappa shape index (κ2) is 10.2. The van der Waals surface area contributed by atoms with Gasteiger partial charge in [-0.15, -0.1) is 0 Å². The number of ether oxygens (including phenoxy) is 1. The van der Waals surface area contributed by atoms with Crippen LogP contribution in [0.2, 0.25) is 0 Å². The molecule has 0 spiro atoms. The van der Waals surface area contributed by atoms with Crippen LogP contribution in [0.3, 0.4) is 0 Å². The van der Waals surface area contributed by atoms with Gasteiger partial charge in [0.2, 0.25) is 5.91 Å². The van der Waals surface area contributed by atoms with Crippen LogP contribution < -0.4 is 11.1 Å². The van der Waals surface area contributed by atoms with Crippen LogP contribution in [0, 0.1) is 0 Å². The quantitative estimate of drug-likeness (QED) is 0.411. The number of hydrogen-bond acceptors (Lipinski definition) is 5. The Hall–Kier alpha value is -1.63. The van der Waals surface area contributed by atoms with Crippen LogP contribution >= 0.6 is 0 Å². The van der Waals surface area contributed by atoms with E-state index in [0.717, 1.165) is 6.42 Å². The molecule has 0 radical (unpaired) electrons. The Kier molecular flexibility index (Phi) is 9.40. The minimum absolute atomic E-state index is 0.0717. The zero-order valence-corrected chi connectivity index (χ0v) is 13.7. The summed E-state index contributed by atoms with van der Waals surface area (Å²) < 4.78 is 5.30. The molecule has 0 aromatic rings. The standard InChI is InChI=1S/C15H28N2O5/c1-15(2,3)22-14(21)11(7-4-5-10-16)17-12(18)8-6-9-13(19)20/h11H,4-10,16H2,1-3H3,(H,17,18)(H,19,20)/t11-/m0/s1. The number of rotatable bonds is 10. The summed E-state index contributed by atoms with van der Waals surface area (Å²) in [6.07, 6.45) is 2.16. The minimum atomic E-state index is -0.945. The van der Waals surface area contributed by atoms with Crippen LogP contribution in [0.5, 0.6) is 0 Å². The number of carboxylic acid groups (broad SMARTS) is 1. The number of esters is 1. The molecule has 0 aromatic carbocycles. The monoisotopic (exact) mass is 316 g/mol. The molecule has 22 heavy (non-hydrogen) atoms. The van der Waals surface area contributed by atoms with E-state index in [2.05, 4.69) is 5.32 Å². The molecule has 1 atom stereocenters. The first kappa shape index (κ1) is 20.4. The zero-order valence-electron chi connectivity index (χ0n) is 13.7. The summed E-state index contributed by atoms with van der Waals surface area (Å²) in [5, 5.41) is 11.2. The molecule has 0 unspecified atom stereocenters. The van der Waals surface area contributed by atoms with Crippen LogP contribution in [0.15, 0.2) is 0 Å². The van der Waals surface area contributed by atoms with Crippen LogP contribution in [0.1, 0.15) is 59.3 Å². The van der Waals surface area contributed by atoms with E-state index in [1.807, 2.05) is 0 Å². The Morgan fingerprint density at radius 1 is 1.14 bits per heavy atom. The van der Waals surface area contributed by atoms with Crippen LogP contribution in [0.25, 0.3) is 0 Å². The van der Waals surface area contributed by atoms with E-state index in [1.54, 1.807) is 20.8 Å². The molecule has 0 aliphatic rings. The summed E-state index contributed by atoms with van der Waals surface area (Å²) in [6.45, 7) is 5.80. The van der Waals surface area contributed by atoms with Crippen molar-refractivity contribution in [2.75, 3.05) is 6.54 Å². The van der Waals surface area contributed by atoms with Gasteiger partial charge in [-0.05, 0) is 53.0 Å². The van der Waals surface area contributed by atoms with Crippen molar-refractivity contribution in [3.8, 4) is 0 Å². The second-order valence-electron chi connectivity index (χ2n) is 6.19. The maximum atomic E-state index is 12.1. The molecular weight excluding hydrogens is 288 g/mol. The fraction of sp³-hybridized carbons (Fsp3) is 0.800. The maximum absolute atomic E-state index is 12.1. The third kappa shape index (κ3) is 11.1. The third-order valence-corrected chi connectivity index (χ3v) is 2.77. The van der Waals surface area contributed by atoms with Gasteiger partial charge in [-0.3, -0.25) is 9.59 Å². The van der Waals surface area contributed by atoms with Crippen molar-refractivity contribution in [3.63, 3.8) is 0 Å². The summed E-state index contributed by atoms with van der Waals surface area (Å²) in [4.78, 5) is 34.3. The first-order valence-corrected chi connectivity index (χ1v) is 7.60. The number of carbonyl (C=O) groups is 3. The topological polar surface area (TPSA) is 119 Å². The fourth-order valence-corrected chi connectivity index (χ4v) is 1.78. The summed E-state index contributed by atoms with van der Waals surface area (Å²) in [5.74, 6) is -1.76. The Labute approximate surface area is 131 Å². The molecule has 128 valence electrons. The summed E-state index contributed by atoms with van der Waals surface area (Å²) >= 11 is 0. The molecule has 4 N–H and O–H groups in total.